The van der Waals surface area contributed by atoms with Crippen molar-refractivity contribution >= 4 is 17.6 Å². The number of aryl methyl sites for hydroxylation is 1. The summed E-state index contributed by atoms with van der Waals surface area (Å²) in [6.07, 6.45) is 0. The molecular formula is C11H13ClFNO2. The Kier molecular flexibility index (Phi) is 3.88. The third-order valence-corrected chi connectivity index (χ3v) is 2.94. The topological polar surface area (TPSA) is 63.3 Å². The number of carbonyl (C=O) groups is 1. The van der Waals surface area contributed by atoms with Gasteiger partial charge in [0.15, 0.2) is 0 Å². The summed E-state index contributed by atoms with van der Waals surface area (Å²) in [5.74, 6) is -2.90. The molecule has 1 unspecified atom stereocenters. The zero-order chi connectivity index (χ0) is 12.5. The minimum absolute atomic E-state index is 0.0715. The van der Waals surface area contributed by atoms with Gasteiger partial charge in [0.2, 0.25) is 0 Å². The molecule has 3 N–H and O–H groups in total. The van der Waals surface area contributed by atoms with Crippen LogP contribution >= 0.6 is 11.6 Å². The van der Waals surface area contributed by atoms with E-state index >= 15 is 0 Å². The van der Waals surface area contributed by atoms with Gasteiger partial charge < -0.3 is 10.8 Å². The predicted octanol–water partition coefficient (Wildman–Crippen LogP) is 2.22. The highest BCUT2D eigenvalue weighted by atomic mass is 35.5. The zero-order valence-corrected chi connectivity index (χ0v) is 9.81. The van der Waals surface area contributed by atoms with Crippen molar-refractivity contribution in [1.82, 2.24) is 0 Å². The molecule has 0 amide bonds. The van der Waals surface area contributed by atoms with Crippen LogP contribution in [0.1, 0.15) is 22.6 Å². The van der Waals surface area contributed by atoms with Crippen molar-refractivity contribution in [2.45, 2.75) is 19.8 Å². The van der Waals surface area contributed by atoms with Crippen LogP contribution in [0.15, 0.2) is 6.07 Å². The number of aliphatic carboxylic acids is 1. The second-order valence-corrected chi connectivity index (χ2v) is 4.06. The summed E-state index contributed by atoms with van der Waals surface area (Å²) in [5.41, 5.74) is 6.77. The molecule has 0 spiro atoms. The summed E-state index contributed by atoms with van der Waals surface area (Å²) < 4.78 is 13.8. The molecule has 0 saturated carbocycles. The molecule has 1 aromatic rings. The van der Waals surface area contributed by atoms with E-state index in [2.05, 4.69) is 0 Å². The Morgan fingerprint density at radius 1 is 1.62 bits per heavy atom. The molecule has 1 aromatic carbocycles. The second-order valence-electron chi connectivity index (χ2n) is 3.65. The summed E-state index contributed by atoms with van der Waals surface area (Å²) in [6, 6.07) is 1.48. The molecule has 0 aliphatic heterocycles. The molecule has 3 nitrogen and oxygen atoms in total. The molecule has 0 aliphatic carbocycles. The van der Waals surface area contributed by atoms with Gasteiger partial charge in [-0.25, -0.2) is 4.39 Å². The first-order chi connectivity index (χ1) is 7.40. The van der Waals surface area contributed by atoms with E-state index in [1.54, 1.807) is 13.8 Å². The Morgan fingerprint density at radius 3 is 2.62 bits per heavy atom. The van der Waals surface area contributed by atoms with Crippen LogP contribution in [0.25, 0.3) is 0 Å². The highest BCUT2D eigenvalue weighted by Gasteiger charge is 2.25. The van der Waals surface area contributed by atoms with Gasteiger partial charge in [0.05, 0.1) is 10.9 Å². The van der Waals surface area contributed by atoms with Gasteiger partial charge in [-0.1, -0.05) is 11.6 Å². The summed E-state index contributed by atoms with van der Waals surface area (Å²) in [5, 5.41) is 8.90. The first-order valence-electron chi connectivity index (χ1n) is 4.78. The van der Waals surface area contributed by atoms with E-state index in [1.807, 2.05) is 0 Å². The van der Waals surface area contributed by atoms with Gasteiger partial charge in [-0.15, -0.1) is 0 Å². The minimum atomic E-state index is -1.15. The molecule has 0 heterocycles. The lowest BCUT2D eigenvalue weighted by molar-refractivity contribution is -0.138. The largest absolute Gasteiger partial charge is 0.481 e. The Labute approximate surface area is 98.0 Å². The Hall–Kier alpha value is -1.13. The van der Waals surface area contributed by atoms with Crippen LogP contribution in [-0.4, -0.2) is 17.6 Å². The molecule has 1 rings (SSSR count). The van der Waals surface area contributed by atoms with Gasteiger partial charge in [0, 0.05) is 12.1 Å². The molecule has 0 radical (unpaired) electrons. The van der Waals surface area contributed by atoms with Crippen molar-refractivity contribution in [1.29, 1.82) is 0 Å². The smallest absolute Gasteiger partial charge is 0.312 e. The number of hydrogen-bond acceptors (Lipinski definition) is 2. The molecule has 1 atom stereocenters. The summed E-state index contributed by atoms with van der Waals surface area (Å²) in [7, 11) is 0. The number of benzene rings is 1. The normalized spacial score (nSPS) is 12.6. The third kappa shape index (κ3) is 2.18. The zero-order valence-electron chi connectivity index (χ0n) is 9.05. The average Bonchev–Trinajstić information content (AvgIpc) is 2.21. The van der Waals surface area contributed by atoms with Crippen LogP contribution in [0.4, 0.5) is 4.39 Å². The van der Waals surface area contributed by atoms with E-state index < -0.39 is 17.7 Å². The lowest BCUT2D eigenvalue weighted by Gasteiger charge is -2.16. The lowest BCUT2D eigenvalue weighted by Crippen LogP contribution is -2.23. The SMILES string of the molecule is Cc1cc(Cl)c(F)c(C(CN)C(=O)O)c1C. The average molecular weight is 246 g/mol. The maximum Gasteiger partial charge on any atom is 0.312 e. The van der Waals surface area contributed by atoms with E-state index in [9.17, 15) is 9.18 Å². The highest BCUT2D eigenvalue weighted by Crippen LogP contribution is 2.30. The minimum Gasteiger partial charge on any atom is -0.481 e. The highest BCUT2D eigenvalue weighted by molar-refractivity contribution is 6.31. The Bertz CT molecular complexity index is 408. The maximum absolute atomic E-state index is 13.8. The third-order valence-electron chi connectivity index (χ3n) is 2.67. The van der Waals surface area contributed by atoms with Crippen molar-refractivity contribution in [3.8, 4) is 0 Å². The lowest BCUT2D eigenvalue weighted by atomic mass is 9.91. The number of carboxylic acid groups (broad SMARTS) is 1. The molecule has 5 heteroatoms. The Morgan fingerprint density at radius 2 is 2.19 bits per heavy atom. The van der Waals surface area contributed by atoms with Crippen LogP contribution in [-0.2, 0) is 4.79 Å². The summed E-state index contributed by atoms with van der Waals surface area (Å²) in [4.78, 5) is 11.0. The van der Waals surface area contributed by atoms with Crippen LogP contribution in [0, 0.1) is 19.7 Å². The van der Waals surface area contributed by atoms with Crippen LogP contribution in [0.3, 0.4) is 0 Å². The monoisotopic (exact) mass is 245 g/mol. The maximum atomic E-state index is 13.8. The molecule has 16 heavy (non-hydrogen) atoms. The van der Waals surface area contributed by atoms with E-state index in [-0.39, 0.29) is 17.1 Å². The Balaban J connectivity index is 3.47. The van der Waals surface area contributed by atoms with Crippen molar-refractivity contribution in [2.75, 3.05) is 6.54 Å². The number of carboxylic acids is 1. The van der Waals surface area contributed by atoms with Crippen molar-refractivity contribution < 1.29 is 14.3 Å². The molecule has 0 aromatic heterocycles. The molecule has 0 aliphatic rings. The number of hydrogen-bond donors (Lipinski definition) is 2. The van der Waals surface area contributed by atoms with Crippen LogP contribution in [0.5, 0.6) is 0 Å². The van der Waals surface area contributed by atoms with Gasteiger partial charge in [-0.3, -0.25) is 4.79 Å². The molecule has 0 fully saturated rings. The fourth-order valence-corrected chi connectivity index (χ4v) is 1.89. The van der Waals surface area contributed by atoms with E-state index in [0.717, 1.165) is 5.56 Å². The molecule has 0 bridgehead atoms. The van der Waals surface area contributed by atoms with Gasteiger partial charge in [-0.05, 0) is 31.0 Å². The van der Waals surface area contributed by atoms with Gasteiger partial charge in [-0.2, -0.15) is 0 Å². The summed E-state index contributed by atoms with van der Waals surface area (Å²) in [6.45, 7) is 3.25. The predicted molar refractivity (Wildman–Crippen MR) is 60.3 cm³/mol. The first kappa shape index (κ1) is 12.9. The molecular weight excluding hydrogens is 233 g/mol. The second kappa shape index (κ2) is 4.80. The van der Waals surface area contributed by atoms with Crippen LogP contribution in [0.2, 0.25) is 5.02 Å². The van der Waals surface area contributed by atoms with Crippen molar-refractivity contribution in [3.05, 3.63) is 33.6 Å². The van der Waals surface area contributed by atoms with Gasteiger partial charge >= 0.3 is 5.97 Å². The van der Waals surface area contributed by atoms with Crippen LogP contribution < -0.4 is 5.73 Å². The van der Waals surface area contributed by atoms with Gasteiger partial charge in [0.25, 0.3) is 0 Å². The molecule has 88 valence electrons. The van der Waals surface area contributed by atoms with E-state index in [1.165, 1.54) is 6.07 Å². The van der Waals surface area contributed by atoms with Gasteiger partial charge in [0.1, 0.15) is 5.82 Å². The fraction of sp³-hybridized carbons (Fsp3) is 0.364. The molecule has 0 saturated heterocycles. The standard InChI is InChI=1S/C11H13ClFNO2/c1-5-3-8(12)10(13)9(6(5)2)7(4-14)11(15)16/h3,7H,4,14H2,1-2H3,(H,15,16). The first-order valence-corrected chi connectivity index (χ1v) is 5.15. The fourth-order valence-electron chi connectivity index (χ4n) is 1.62. The quantitative estimate of drug-likeness (QED) is 0.858. The van der Waals surface area contributed by atoms with Crippen molar-refractivity contribution in [3.63, 3.8) is 0 Å². The van der Waals surface area contributed by atoms with Crippen molar-refractivity contribution in [2.24, 2.45) is 5.73 Å². The number of rotatable bonds is 3. The summed E-state index contributed by atoms with van der Waals surface area (Å²) >= 11 is 5.69. The number of halogens is 2. The van der Waals surface area contributed by atoms with E-state index in [4.69, 9.17) is 22.4 Å². The number of nitrogens with two attached hydrogens (primary N) is 1. The van der Waals surface area contributed by atoms with E-state index in [0.29, 0.717) is 5.56 Å².